The Balaban J connectivity index is 0.000000120. The van der Waals surface area contributed by atoms with Gasteiger partial charge in [0.1, 0.15) is 45.8 Å². The summed E-state index contributed by atoms with van der Waals surface area (Å²) >= 11 is 6.40. The molecular weight excluding hydrogens is 1470 g/mol. The van der Waals surface area contributed by atoms with Crippen LogP contribution in [-0.4, -0.2) is 117 Å². The van der Waals surface area contributed by atoms with E-state index in [9.17, 15) is 38.4 Å². The highest BCUT2D eigenvalue weighted by Crippen LogP contribution is 2.35. The number of benzene rings is 5. The van der Waals surface area contributed by atoms with Crippen LogP contribution in [0.1, 0.15) is 70.0 Å². The van der Waals surface area contributed by atoms with Crippen molar-refractivity contribution in [3.05, 3.63) is 256 Å². The summed E-state index contributed by atoms with van der Waals surface area (Å²) in [6.07, 6.45) is 3.95. The molecule has 0 atom stereocenters. The SMILES string of the molecule is COc1cc2c(cc1C)CCN(C(=O)c1csc3c(=O)[nH]c(N)nc13)CC2.Cc1ccccc1-c1csc2c(=O)[nH]c(N)nc12.Nc1nc2c(-c3ccccc3)csc2c(=O)[nH]1.Nc1nc2c(C(=O)N3CCc4ccccc4CC3)csc2c(=O)[nH]1.Nc1nc2c(C(=O)NCCc3ccccc3)csc2c(=O)[nH]1. The number of fused-ring (bicyclic) bond motifs is 7. The number of carbonyl (C=O) groups is 3. The lowest BCUT2D eigenvalue weighted by atomic mass is 10.00. The van der Waals surface area contributed by atoms with Gasteiger partial charge in [0.25, 0.3) is 45.5 Å². The van der Waals surface area contributed by atoms with Crippen molar-refractivity contribution in [3.63, 3.8) is 0 Å². The molecule has 2 aliphatic rings. The number of hydrogen-bond acceptors (Lipinski definition) is 24. The van der Waals surface area contributed by atoms with Gasteiger partial charge in [0.2, 0.25) is 29.7 Å². The standard InChI is InChI=1S/C19H20N4O3S.C17H16N4O2S.C15H14N4O2S.C13H11N3OS.C12H9N3OS/c1-10-7-11-3-5-23(6-4-12(11)8-14(10)26-2)18(25)13-9-27-16-15(13)21-19(20)22-17(16)24;18-17-19-13-12(9-24-14(13)15(22)20-17)16(23)21-7-5-10-3-1-2-4-11(10)6-8-21;16-15-18-11-10(8-22-12(11)14(21)19-15)13(20)17-7-6-9-4-2-1-3-5-9;1-7-4-2-3-5-8(7)9-6-18-11-10(9)15-13(14)16-12(11)17;13-12-14-9-8(7-4-2-1-3-5-7)6-17-10(9)11(16)15-12/h7-9H,3-6H2,1-2H3,(H3,20,21,22,24);1-4,9H,5-8H2,(H3,18,19,20,22);1-5,8H,6-7H2,(H,17,20)(H3,16,18,19,21);2-6H,1H3,(H3,14,15,16,17);1-6H,(H3,13,14,15,16). The predicted molar refractivity (Wildman–Crippen MR) is 432 cm³/mol. The van der Waals surface area contributed by atoms with E-state index in [1.54, 1.807) is 23.2 Å². The fourth-order valence-electron chi connectivity index (χ4n) is 12.7. The molecule has 2 aliphatic heterocycles. The Morgan fingerprint density at radius 2 is 0.796 bits per heavy atom. The molecule has 27 nitrogen and oxygen atoms in total. The van der Waals surface area contributed by atoms with Crippen LogP contribution in [0.3, 0.4) is 0 Å². The van der Waals surface area contributed by atoms with E-state index in [-0.39, 0.29) is 75.3 Å². The number of methoxy groups -OCH3 is 1. The van der Waals surface area contributed by atoms with Crippen molar-refractivity contribution in [2.75, 3.05) is 68.5 Å². The van der Waals surface area contributed by atoms with Crippen LogP contribution < -0.4 is 66.5 Å². The molecule has 32 heteroatoms. The molecule has 10 aromatic heterocycles. The first-order chi connectivity index (χ1) is 52.2. The normalized spacial score (nSPS) is 12.4. The average Bonchev–Trinajstić information content (AvgIpc) is 1.66. The zero-order valence-corrected chi connectivity index (χ0v) is 62.3. The molecule has 0 bridgehead atoms. The van der Waals surface area contributed by atoms with Crippen molar-refractivity contribution in [3.8, 4) is 28.0 Å². The van der Waals surface area contributed by atoms with Gasteiger partial charge in [-0.1, -0.05) is 115 Å². The highest BCUT2D eigenvalue weighted by atomic mass is 32.1. The van der Waals surface area contributed by atoms with Crippen LogP contribution in [0.25, 0.3) is 73.3 Å². The zero-order chi connectivity index (χ0) is 75.9. The van der Waals surface area contributed by atoms with Crippen molar-refractivity contribution in [2.45, 2.75) is 46.0 Å². The van der Waals surface area contributed by atoms with E-state index in [4.69, 9.17) is 33.4 Å². The van der Waals surface area contributed by atoms with Gasteiger partial charge < -0.3 is 48.5 Å². The summed E-state index contributed by atoms with van der Waals surface area (Å²) in [5.74, 6) is 0.778. The van der Waals surface area contributed by atoms with Gasteiger partial charge in [0, 0.05) is 70.8 Å². The molecule has 5 aromatic carbocycles. The Labute approximate surface area is 633 Å². The number of nitrogen functional groups attached to an aromatic ring is 5. The van der Waals surface area contributed by atoms with Gasteiger partial charge in [0.05, 0.1) is 34.8 Å². The predicted octanol–water partition coefficient (Wildman–Crippen LogP) is 10.2. The van der Waals surface area contributed by atoms with Crippen molar-refractivity contribution in [1.29, 1.82) is 0 Å². The van der Waals surface area contributed by atoms with Gasteiger partial charge in [-0.15, -0.1) is 56.7 Å². The maximum absolute atomic E-state index is 13.1. The second kappa shape index (κ2) is 32.5. The zero-order valence-electron chi connectivity index (χ0n) is 58.2. The van der Waals surface area contributed by atoms with E-state index in [0.29, 0.717) is 100 Å². The van der Waals surface area contributed by atoms with Crippen LogP contribution in [0.2, 0.25) is 0 Å². The van der Waals surface area contributed by atoms with Gasteiger partial charge in [-0.2, -0.15) is 0 Å². The molecule has 548 valence electrons. The van der Waals surface area contributed by atoms with E-state index < -0.39 is 0 Å². The summed E-state index contributed by atoms with van der Waals surface area (Å²) in [6, 6.07) is 40.2. The quantitative estimate of drug-likeness (QED) is 0.0639. The number of aromatic amines is 5. The van der Waals surface area contributed by atoms with Crippen LogP contribution in [0.4, 0.5) is 29.7 Å². The minimum Gasteiger partial charge on any atom is -0.496 e. The largest absolute Gasteiger partial charge is 0.496 e. The van der Waals surface area contributed by atoms with Crippen LogP contribution in [-0.2, 0) is 32.1 Å². The number of ether oxygens (including phenoxy) is 1. The molecule has 0 unspecified atom stereocenters. The second-order valence-electron chi connectivity index (χ2n) is 25.0. The first kappa shape index (κ1) is 73.8. The number of anilines is 5. The molecule has 16 N–H and O–H groups in total. The number of aryl methyl sites for hydroxylation is 2. The summed E-state index contributed by atoms with van der Waals surface area (Å²) < 4.78 is 7.91. The molecule has 0 spiro atoms. The van der Waals surface area contributed by atoms with E-state index in [1.165, 1.54) is 78.9 Å². The third-order valence-electron chi connectivity index (χ3n) is 18.0. The molecule has 12 heterocycles. The maximum Gasteiger partial charge on any atom is 0.270 e. The highest BCUT2D eigenvalue weighted by Gasteiger charge is 2.27. The lowest BCUT2D eigenvalue weighted by Crippen LogP contribution is -2.33. The van der Waals surface area contributed by atoms with Crippen molar-refractivity contribution < 1.29 is 19.1 Å². The third-order valence-corrected chi connectivity index (χ3v) is 22.8. The molecule has 17 rings (SSSR count). The van der Waals surface area contributed by atoms with Gasteiger partial charge >= 0.3 is 0 Å². The highest BCUT2D eigenvalue weighted by molar-refractivity contribution is 7.19. The number of hydrogen-bond donors (Lipinski definition) is 11. The number of H-pyrrole nitrogens is 5. The second-order valence-corrected chi connectivity index (χ2v) is 29.4. The molecule has 3 amide bonds. The van der Waals surface area contributed by atoms with Gasteiger partial charge in [-0.25, -0.2) is 24.9 Å². The fraction of sp³-hybridized carbons (Fsp3) is 0.171. The van der Waals surface area contributed by atoms with E-state index >= 15 is 0 Å². The number of aromatic nitrogens is 10. The molecule has 15 aromatic rings. The summed E-state index contributed by atoms with van der Waals surface area (Å²) in [5.41, 5.74) is 42.9. The van der Waals surface area contributed by atoms with E-state index in [2.05, 4.69) is 79.4 Å². The topological polar surface area (TPSA) is 438 Å². The summed E-state index contributed by atoms with van der Waals surface area (Å²) in [6.45, 7) is 7.12. The molecular formula is C76H70N18O9S5. The van der Waals surface area contributed by atoms with Crippen molar-refractivity contribution >= 4 is 155 Å². The summed E-state index contributed by atoms with van der Waals surface area (Å²) in [7, 11) is 1.67. The van der Waals surface area contributed by atoms with Gasteiger partial charge in [-0.05, 0) is 102 Å². The fourth-order valence-corrected chi connectivity index (χ4v) is 17.1. The van der Waals surface area contributed by atoms with Gasteiger partial charge in [-0.3, -0.25) is 63.3 Å². The summed E-state index contributed by atoms with van der Waals surface area (Å²) in [4.78, 5) is 134. The Kier molecular flexibility index (Phi) is 22.2. The first-order valence-corrected chi connectivity index (χ1v) is 38.2. The first-order valence-electron chi connectivity index (χ1n) is 33.8. The number of nitrogens with one attached hydrogen (secondary N) is 6. The lowest BCUT2D eigenvalue weighted by Gasteiger charge is -2.19. The third kappa shape index (κ3) is 16.2. The number of nitrogens with zero attached hydrogens (tertiary/aromatic N) is 7. The maximum atomic E-state index is 13.1. The average molecular weight is 1540 g/mol. The van der Waals surface area contributed by atoms with Gasteiger partial charge in [0.15, 0.2) is 0 Å². The molecule has 0 saturated carbocycles. The number of amides is 3. The summed E-state index contributed by atoms with van der Waals surface area (Å²) in [5, 5.41) is 11.7. The Morgan fingerprint density at radius 1 is 0.426 bits per heavy atom. The number of thiophene rings is 5. The minimum atomic E-state index is -0.323. The van der Waals surface area contributed by atoms with Crippen LogP contribution in [0.5, 0.6) is 5.75 Å². The van der Waals surface area contributed by atoms with Crippen molar-refractivity contribution in [2.24, 2.45) is 0 Å². The number of carbonyl (C=O) groups excluding carboxylic acids is 3. The monoisotopic (exact) mass is 1540 g/mol. The molecule has 0 radical (unpaired) electrons. The Hall–Kier alpha value is -12.5. The Bertz CT molecular complexity index is 6190. The number of rotatable bonds is 9. The van der Waals surface area contributed by atoms with E-state index in [0.717, 1.165) is 76.8 Å². The Morgan fingerprint density at radius 3 is 1.27 bits per heavy atom. The van der Waals surface area contributed by atoms with E-state index in [1.807, 2.05) is 131 Å². The lowest BCUT2D eigenvalue weighted by molar-refractivity contribution is 0.0757. The van der Waals surface area contributed by atoms with Crippen LogP contribution in [0.15, 0.2) is 172 Å². The van der Waals surface area contributed by atoms with Crippen LogP contribution in [0, 0.1) is 13.8 Å². The minimum absolute atomic E-state index is 0.00855. The smallest absolute Gasteiger partial charge is 0.270 e. The molecule has 0 fully saturated rings. The number of nitrogens with two attached hydrogens (primary N) is 5. The molecule has 108 heavy (non-hydrogen) atoms. The van der Waals surface area contributed by atoms with Crippen LogP contribution >= 0.6 is 56.7 Å². The van der Waals surface area contributed by atoms with Crippen molar-refractivity contribution in [1.82, 2.24) is 65.0 Å². The molecule has 0 saturated heterocycles. The molecule has 0 aliphatic carbocycles.